The SMILES string of the molecule is CN[C@H](C(=O)NCc1ccc(C(=N)N)cc1)c1ccccc1. The predicted molar refractivity (Wildman–Crippen MR) is 87.5 cm³/mol. The molecule has 0 bridgehead atoms. The molecule has 2 aromatic rings. The lowest BCUT2D eigenvalue weighted by Crippen LogP contribution is -2.35. The van der Waals surface area contributed by atoms with E-state index in [9.17, 15) is 4.79 Å². The molecule has 22 heavy (non-hydrogen) atoms. The zero-order valence-electron chi connectivity index (χ0n) is 12.5. The summed E-state index contributed by atoms with van der Waals surface area (Å²) in [5.41, 5.74) is 7.97. The quantitative estimate of drug-likeness (QED) is 0.481. The van der Waals surface area contributed by atoms with Gasteiger partial charge in [0.1, 0.15) is 11.9 Å². The van der Waals surface area contributed by atoms with E-state index in [1.54, 1.807) is 19.2 Å². The molecule has 1 amide bonds. The second-order valence-electron chi connectivity index (χ2n) is 4.96. The lowest BCUT2D eigenvalue weighted by molar-refractivity contribution is -0.123. The van der Waals surface area contributed by atoms with Gasteiger partial charge in [0.15, 0.2) is 0 Å². The minimum absolute atomic E-state index is 0.0370. The third kappa shape index (κ3) is 3.93. The highest BCUT2D eigenvalue weighted by molar-refractivity contribution is 5.94. The van der Waals surface area contributed by atoms with Crippen molar-refractivity contribution in [2.24, 2.45) is 5.73 Å². The van der Waals surface area contributed by atoms with E-state index in [-0.39, 0.29) is 17.8 Å². The molecule has 2 aromatic carbocycles. The molecule has 0 spiro atoms. The molecule has 0 radical (unpaired) electrons. The van der Waals surface area contributed by atoms with Crippen LogP contribution in [0.25, 0.3) is 0 Å². The average molecular weight is 296 g/mol. The minimum atomic E-state index is -0.377. The maximum Gasteiger partial charge on any atom is 0.241 e. The van der Waals surface area contributed by atoms with Crippen LogP contribution in [0, 0.1) is 5.41 Å². The number of likely N-dealkylation sites (N-methyl/N-ethyl adjacent to an activating group) is 1. The van der Waals surface area contributed by atoms with Crippen molar-refractivity contribution in [2.75, 3.05) is 7.05 Å². The first-order chi connectivity index (χ1) is 10.6. The summed E-state index contributed by atoms with van der Waals surface area (Å²) in [6, 6.07) is 16.5. The normalized spacial score (nSPS) is 11.7. The highest BCUT2D eigenvalue weighted by Crippen LogP contribution is 2.12. The second kappa shape index (κ2) is 7.38. The van der Waals surface area contributed by atoms with Crippen LogP contribution in [0.3, 0.4) is 0 Å². The second-order valence-corrected chi connectivity index (χ2v) is 4.96. The average Bonchev–Trinajstić information content (AvgIpc) is 2.55. The summed E-state index contributed by atoms with van der Waals surface area (Å²) < 4.78 is 0. The van der Waals surface area contributed by atoms with Crippen molar-refractivity contribution in [2.45, 2.75) is 12.6 Å². The van der Waals surface area contributed by atoms with Gasteiger partial charge in [-0.25, -0.2) is 0 Å². The maximum absolute atomic E-state index is 12.3. The molecule has 0 saturated carbocycles. The van der Waals surface area contributed by atoms with Crippen LogP contribution in [-0.2, 0) is 11.3 Å². The summed E-state index contributed by atoms with van der Waals surface area (Å²) in [6.45, 7) is 0.433. The zero-order chi connectivity index (χ0) is 15.9. The minimum Gasteiger partial charge on any atom is -0.384 e. The monoisotopic (exact) mass is 296 g/mol. The standard InChI is InChI=1S/C17H20N4O/c1-20-15(13-5-3-2-4-6-13)17(22)21-11-12-7-9-14(10-8-12)16(18)19/h2-10,15,20H,11H2,1H3,(H3,18,19)(H,21,22)/t15-/m0/s1. The van der Waals surface area contributed by atoms with Gasteiger partial charge in [-0.05, 0) is 18.2 Å². The third-order valence-electron chi connectivity index (χ3n) is 3.42. The molecule has 0 heterocycles. The Kier molecular flexibility index (Phi) is 5.27. The third-order valence-corrected chi connectivity index (χ3v) is 3.42. The fourth-order valence-electron chi connectivity index (χ4n) is 2.19. The molecule has 0 aliphatic carbocycles. The van der Waals surface area contributed by atoms with Crippen LogP contribution < -0.4 is 16.4 Å². The van der Waals surface area contributed by atoms with E-state index < -0.39 is 0 Å². The summed E-state index contributed by atoms with van der Waals surface area (Å²) in [6.07, 6.45) is 0. The Bertz CT molecular complexity index is 637. The number of rotatable bonds is 6. The van der Waals surface area contributed by atoms with Crippen LogP contribution in [0.5, 0.6) is 0 Å². The number of nitrogens with one attached hydrogen (secondary N) is 3. The molecule has 0 aliphatic rings. The van der Waals surface area contributed by atoms with Gasteiger partial charge in [0.05, 0.1) is 0 Å². The lowest BCUT2D eigenvalue weighted by atomic mass is 10.1. The molecular formula is C17H20N4O. The molecule has 0 aromatic heterocycles. The van der Waals surface area contributed by atoms with Gasteiger partial charge >= 0.3 is 0 Å². The van der Waals surface area contributed by atoms with Crippen molar-refractivity contribution in [3.05, 3.63) is 71.3 Å². The predicted octanol–water partition coefficient (Wildman–Crippen LogP) is 1.55. The molecule has 2 rings (SSSR count). The molecule has 0 fully saturated rings. The fourth-order valence-corrected chi connectivity index (χ4v) is 2.19. The van der Waals surface area contributed by atoms with Crippen molar-refractivity contribution in [3.8, 4) is 0 Å². The summed E-state index contributed by atoms with van der Waals surface area (Å²) >= 11 is 0. The summed E-state index contributed by atoms with van der Waals surface area (Å²) in [5, 5.41) is 13.3. The Morgan fingerprint density at radius 1 is 1.14 bits per heavy atom. The van der Waals surface area contributed by atoms with Crippen LogP contribution in [0.2, 0.25) is 0 Å². The molecule has 0 aliphatic heterocycles. The number of benzene rings is 2. The van der Waals surface area contributed by atoms with E-state index in [0.717, 1.165) is 11.1 Å². The van der Waals surface area contributed by atoms with Gasteiger partial charge in [-0.15, -0.1) is 0 Å². The molecule has 5 nitrogen and oxygen atoms in total. The zero-order valence-corrected chi connectivity index (χ0v) is 12.5. The largest absolute Gasteiger partial charge is 0.384 e. The Morgan fingerprint density at radius 2 is 1.77 bits per heavy atom. The highest BCUT2D eigenvalue weighted by atomic mass is 16.2. The van der Waals surface area contributed by atoms with Gasteiger partial charge in [0.25, 0.3) is 0 Å². The van der Waals surface area contributed by atoms with Crippen LogP contribution in [0.15, 0.2) is 54.6 Å². The van der Waals surface area contributed by atoms with E-state index >= 15 is 0 Å². The Hall–Kier alpha value is -2.66. The number of hydrogen-bond donors (Lipinski definition) is 4. The first-order valence-corrected chi connectivity index (χ1v) is 7.05. The molecule has 114 valence electrons. The maximum atomic E-state index is 12.3. The first kappa shape index (κ1) is 15.7. The first-order valence-electron chi connectivity index (χ1n) is 7.05. The smallest absolute Gasteiger partial charge is 0.241 e. The van der Waals surface area contributed by atoms with Crippen molar-refractivity contribution >= 4 is 11.7 Å². The number of carbonyl (C=O) groups excluding carboxylic acids is 1. The van der Waals surface area contributed by atoms with Crippen LogP contribution in [0.4, 0.5) is 0 Å². The molecule has 0 saturated heterocycles. The van der Waals surface area contributed by atoms with Crippen LogP contribution >= 0.6 is 0 Å². The Morgan fingerprint density at radius 3 is 2.32 bits per heavy atom. The van der Waals surface area contributed by atoms with E-state index in [2.05, 4.69) is 10.6 Å². The van der Waals surface area contributed by atoms with Gasteiger partial charge < -0.3 is 16.4 Å². The molecule has 1 atom stereocenters. The van der Waals surface area contributed by atoms with Gasteiger partial charge in [-0.1, -0.05) is 54.6 Å². The Balaban J connectivity index is 1.98. The highest BCUT2D eigenvalue weighted by Gasteiger charge is 2.17. The van der Waals surface area contributed by atoms with Gasteiger partial charge in [-0.2, -0.15) is 0 Å². The lowest BCUT2D eigenvalue weighted by Gasteiger charge is -2.16. The van der Waals surface area contributed by atoms with E-state index in [0.29, 0.717) is 12.1 Å². The summed E-state index contributed by atoms with van der Waals surface area (Å²) in [5.74, 6) is -0.0424. The van der Waals surface area contributed by atoms with Crippen molar-refractivity contribution in [1.29, 1.82) is 5.41 Å². The van der Waals surface area contributed by atoms with Crippen molar-refractivity contribution in [3.63, 3.8) is 0 Å². The van der Waals surface area contributed by atoms with Gasteiger partial charge in [0.2, 0.25) is 5.91 Å². The molecule has 0 unspecified atom stereocenters. The van der Waals surface area contributed by atoms with E-state index in [1.807, 2.05) is 42.5 Å². The fraction of sp³-hybridized carbons (Fsp3) is 0.176. The van der Waals surface area contributed by atoms with Crippen molar-refractivity contribution in [1.82, 2.24) is 10.6 Å². The number of nitrogen functional groups attached to an aromatic ring is 1. The van der Waals surface area contributed by atoms with Crippen molar-refractivity contribution < 1.29 is 4.79 Å². The van der Waals surface area contributed by atoms with Gasteiger partial charge in [-0.3, -0.25) is 10.2 Å². The molecular weight excluding hydrogens is 276 g/mol. The van der Waals surface area contributed by atoms with E-state index in [1.165, 1.54) is 0 Å². The number of nitrogens with two attached hydrogens (primary N) is 1. The number of hydrogen-bond acceptors (Lipinski definition) is 3. The molecule has 5 heteroatoms. The number of amidine groups is 1. The summed E-state index contributed by atoms with van der Waals surface area (Å²) in [7, 11) is 1.76. The van der Waals surface area contributed by atoms with E-state index in [4.69, 9.17) is 11.1 Å². The number of amides is 1. The van der Waals surface area contributed by atoms with Crippen LogP contribution in [-0.4, -0.2) is 18.8 Å². The number of carbonyl (C=O) groups is 1. The summed E-state index contributed by atoms with van der Waals surface area (Å²) in [4.78, 5) is 12.3. The molecule has 5 N–H and O–H groups in total. The topological polar surface area (TPSA) is 91.0 Å². The van der Waals surface area contributed by atoms with Crippen LogP contribution in [0.1, 0.15) is 22.7 Å². The Labute approximate surface area is 130 Å². The van der Waals surface area contributed by atoms with Gasteiger partial charge in [0, 0.05) is 12.1 Å².